The van der Waals surface area contributed by atoms with Crippen molar-refractivity contribution < 1.29 is 14.3 Å². The van der Waals surface area contributed by atoms with E-state index in [1.807, 2.05) is 0 Å². The summed E-state index contributed by atoms with van der Waals surface area (Å²) < 4.78 is 14.9. The molecule has 1 atom stereocenters. The number of phenolic OH excluding ortho intramolecular Hbond substituents is 1. The number of aromatic nitrogens is 6. The molecule has 4 N–H and O–H groups in total. The van der Waals surface area contributed by atoms with Crippen molar-refractivity contribution in [1.29, 1.82) is 0 Å². The predicted molar refractivity (Wildman–Crippen MR) is 134 cm³/mol. The molecule has 2 aromatic carbocycles. The number of hydrogen-bond donors (Lipinski definition) is 3. The Morgan fingerprint density at radius 1 is 1.16 bits per heavy atom. The average molecular weight is 517 g/mol. The summed E-state index contributed by atoms with van der Waals surface area (Å²) in [6.45, 7) is 1.68. The fourth-order valence-corrected chi connectivity index (χ4v) is 4.65. The molecule has 1 amide bonds. The van der Waals surface area contributed by atoms with Crippen LogP contribution < -0.4 is 11.1 Å². The first kappa shape index (κ1) is 22.8. The molecule has 5 aromatic rings. The minimum atomic E-state index is -1.25. The summed E-state index contributed by atoms with van der Waals surface area (Å²) in [6, 6.07) is 10.7. The summed E-state index contributed by atoms with van der Waals surface area (Å²) in [5.74, 6) is -0.364. The van der Waals surface area contributed by atoms with Crippen molar-refractivity contribution in [3.8, 4) is 17.3 Å². The maximum atomic E-state index is 13.4. The molecule has 4 heterocycles. The number of amides is 1. The fraction of sp³-hybridized carbons (Fsp3) is 0.120. The van der Waals surface area contributed by atoms with Crippen LogP contribution in [0.1, 0.15) is 29.3 Å². The quantitative estimate of drug-likeness (QED) is 0.329. The molecular weight excluding hydrogens is 499 g/mol. The standard InChI is InChI=1S/C25H18ClFN8O2/c1-25(13-4-7-15(26)18(36)9-13)19-20(28)32-21(33-22(19)34-24(25)37)17-10-35-23(29-11-30-35)16(31-17)8-12-2-5-14(27)6-3-12/h2-7,9-11,36H,8H2,1H3,(H3,28,32,33,34,37). The van der Waals surface area contributed by atoms with Crippen LogP contribution in [0.5, 0.6) is 5.75 Å². The minimum absolute atomic E-state index is 0.0795. The number of carbonyl (C=O) groups excluding carboxylic acids is 1. The number of benzene rings is 2. The summed E-state index contributed by atoms with van der Waals surface area (Å²) in [5.41, 5.74) is 8.31. The van der Waals surface area contributed by atoms with Crippen LogP contribution in [0, 0.1) is 5.82 Å². The Kier molecular flexibility index (Phi) is 5.06. The zero-order valence-electron chi connectivity index (χ0n) is 19.3. The van der Waals surface area contributed by atoms with Gasteiger partial charge >= 0.3 is 0 Å². The lowest BCUT2D eigenvalue weighted by atomic mass is 9.77. The number of nitrogens with zero attached hydrogens (tertiary/aromatic N) is 6. The van der Waals surface area contributed by atoms with Gasteiger partial charge in [-0.15, -0.1) is 0 Å². The van der Waals surface area contributed by atoms with E-state index >= 15 is 0 Å². The third-order valence-electron chi connectivity index (χ3n) is 6.49. The lowest BCUT2D eigenvalue weighted by Gasteiger charge is -2.23. The topological polar surface area (TPSA) is 144 Å². The van der Waals surface area contributed by atoms with E-state index in [0.717, 1.165) is 5.56 Å². The van der Waals surface area contributed by atoms with E-state index in [1.54, 1.807) is 35.8 Å². The maximum absolute atomic E-state index is 13.4. The van der Waals surface area contributed by atoms with Crippen molar-refractivity contribution in [3.63, 3.8) is 0 Å². The second-order valence-corrected chi connectivity index (χ2v) is 9.21. The Balaban J connectivity index is 1.45. The molecule has 0 spiro atoms. The smallest absolute Gasteiger partial charge is 0.240 e. The molecule has 12 heteroatoms. The number of nitrogen functional groups attached to an aromatic ring is 1. The number of phenols is 1. The molecular formula is C25H18ClFN8O2. The summed E-state index contributed by atoms with van der Waals surface area (Å²) in [7, 11) is 0. The number of aromatic hydroxyl groups is 1. The average Bonchev–Trinajstić information content (AvgIpc) is 3.45. The number of halogens is 2. The zero-order valence-corrected chi connectivity index (χ0v) is 20.0. The first-order valence-corrected chi connectivity index (χ1v) is 11.5. The largest absolute Gasteiger partial charge is 0.506 e. The molecule has 1 unspecified atom stereocenters. The van der Waals surface area contributed by atoms with Crippen LogP contribution in [0.15, 0.2) is 55.0 Å². The van der Waals surface area contributed by atoms with E-state index < -0.39 is 5.41 Å². The highest BCUT2D eigenvalue weighted by molar-refractivity contribution is 6.32. The van der Waals surface area contributed by atoms with E-state index in [0.29, 0.717) is 34.6 Å². The molecule has 6 rings (SSSR count). The summed E-state index contributed by atoms with van der Waals surface area (Å²) in [5, 5.41) is 17.3. The van der Waals surface area contributed by atoms with Gasteiger partial charge in [-0.2, -0.15) is 5.10 Å². The van der Waals surface area contributed by atoms with Gasteiger partial charge in [0.15, 0.2) is 11.5 Å². The van der Waals surface area contributed by atoms with Crippen molar-refractivity contribution in [2.75, 3.05) is 11.1 Å². The summed E-state index contributed by atoms with van der Waals surface area (Å²) in [6.07, 6.45) is 3.39. The number of anilines is 2. The van der Waals surface area contributed by atoms with E-state index in [1.165, 1.54) is 30.6 Å². The van der Waals surface area contributed by atoms with Crippen LogP contribution in [0.3, 0.4) is 0 Å². The van der Waals surface area contributed by atoms with Crippen LogP contribution in [-0.2, 0) is 16.6 Å². The van der Waals surface area contributed by atoms with Gasteiger partial charge in [-0.1, -0.05) is 29.8 Å². The number of nitrogens with one attached hydrogen (secondary N) is 1. The van der Waals surface area contributed by atoms with Gasteiger partial charge in [-0.05, 0) is 42.3 Å². The van der Waals surface area contributed by atoms with Crippen LogP contribution in [0.2, 0.25) is 5.02 Å². The summed E-state index contributed by atoms with van der Waals surface area (Å²) >= 11 is 5.96. The van der Waals surface area contributed by atoms with Crippen molar-refractivity contribution in [2.45, 2.75) is 18.8 Å². The molecule has 0 aliphatic carbocycles. The Morgan fingerprint density at radius 2 is 1.95 bits per heavy atom. The van der Waals surface area contributed by atoms with Crippen molar-refractivity contribution in [3.05, 3.63) is 88.2 Å². The molecule has 0 bridgehead atoms. The maximum Gasteiger partial charge on any atom is 0.240 e. The van der Waals surface area contributed by atoms with E-state index in [4.69, 9.17) is 22.3 Å². The van der Waals surface area contributed by atoms with Gasteiger partial charge in [0.25, 0.3) is 0 Å². The molecule has 1 aliphatic rings. The molecule has 0 fully saturated rings. The second-order valence-electron chi connectivity index (χ2n) is 8.81. The minimum Gasteiger partial charge on any atom is -0.506 e. The highest BCUT2D eigenvalue weighted by Crippen LogP contribution is 2.46. The molecule has 37 heavy (non-hydrogen) atoms. The number of fused-ring (bicyclic) bond motifs is 2. The van der Waals surface area contributed by atoms with Crippen LogP contribution >= 0.6 is 11.6 Å². The first-order valence-electron chi connectivity index (χ1n) is 11.2. The van der Waals surface area contributed by atoms with Gasteiger partial charge in [0.05, 0.1) is 22.5 Å². The fourth-order valence-electron chi connectivity index (χ4n) is 4.53. The Labute approximate surface area is 214 Å². The predicted octanol–water partition coefficient (Wildman–Crippen LogP) is 3.51. The third kappa shape index (κ3) is 3.62. The molecule has 184 valence electrons. The molecule has 0 saturated carbocycles. The van der Waals surface area contributed by atoms with Crippen LogP contribution in [-0.4, -0.2) is 40.6 Å². The Bertz CT molecular complexity index is 1720. The molecule has 0 radical (unpaired) electrons. The third-order valence-corrected chi connectivity index (χ3v) is 6.81. The lowest BCUT2D eigenvalue weighted by molar-refractivity contribution is -0.119. The number of carbonyl (C=O) groups is 1. The van der Waals surface area contributed by atoms with E-state index in [2.05, 4.69) is 25.4 Å². The second kappa shape index (κ2) is 8.20. The van der Waals surface area contributed by atoms with Crippen molar-refractivity contribution in [1.82, 2.24) is 29.5 Å². The first-order chi connectivity index (χ1) is 17.7. The van der Waals surface area contributed by atoms with E-state index in [9.17, 15) is 14.3 Å². The van der Waals surface area contributed by atoms with Gasteiger partial charge in [0.1, 0.15) is 40.6 Å². The van der Waals surface area contributed by atoms with Gasteiger partial charge in [0.2, 0.25) is 5.91 Å². The Hall–Kier alpha value is -4.64. The SMILES string of the molecule is CC1(c2ccc(Cl)c(O)c2)C(=O)Nc2nc(-c3cn4ncnc4c(Cc4ccc(F)cc4)n3)nc(N)c21. The van der Waals surface area contributed by atoms with Crippen molar-refractivity contribution >= 4 is 34.8 Å². The molecule has 3 aromatic heterocycles. The van der Waals surface area contributed by atoms with Gasteiger partial charge < -0.3 is 16.2 Å². The zero-order chi connectivity index (χ0) is 25.9. The number of hydrogen-bond acceptors (Lipinski definition) is 8. The monoisotopic (exact) mass is 516 g/mol. The Morgan fingerprint density at radius 3 is 2.70 bits per heavy atom. The molecule has 10 nitrogen and oxygen atoms in total. The number of nitrogens with two attached hydrogens (primary N) is 1. The van der Waals surface area contributed by atoms with Crippen molar-refractivity contribution in [2.24, 2.45) is 0 Å². The summed E-state index contributed by atoms with van der Waals surface area (Å²) in [4.78, 5) is 31.2. The molecule has 0 saturated heterocycles. The van der Waals surface area contributed by atoms with E-state index in [-0.39, 0.29) is 40.0 Å². The highest BCUT2D eigenvalue weighted by atomic mass is 35.5. The highest BCUT2D eigenvalue weighted by Gasteiger charge is 2.47. The van der Waals surface area contributed by atoms with Gasteiger partial charge in [0, 0.05) is 6.42 Å². The van der Waals surface area contributed by atoms with Gasteiger partial charge in [-0.3, -0.25) is 4.79 Å². The molecule has 1 aliphatic heterocycles. The van der Waals surface area contributed by atoms with Crippen LogP contribution in [0.25, 0.3) is 17.2 Å². The van der Waals surface area contributed by atoms with Crippen LogP contribution in [0.4, 0.5) is 16.0 Å². The lowest BCUT2D eigenvalue weighted by Crippen LogP contribution is -2.32. The normalized spacial score (nSPS) is 16.7. The van der Waals surface area contributed by atoms with Gasteiger partial charge in [-0.25, -0.2) is 28.8 Å². The number of rotatable bonds is 4.